The molecule has 0 bridgehead atoms. The van der Waals surface area contributed by atoms with Crippen LogP contribution in [0.5, 0.6) is 23.0 Å². The summed E-state index contributed by atoms with van der Waals surface area (Å²) in [7, 11) is 0. The zero-order chi connectivity index (χ0) is 14.6. The van der Waals surface area contributed by atoms with E-state index in [0.29, 0.717) is 0 Å². The quantitative estimate of drug-likeness (QED) is 0.799. The lowest BCUT2D eigenvalue weighted by molar-refractivity contribution is 0.172. The average molecular weight is 284 g/mol. The Labute approximate surface area is 123 Å². The average Bonchev–Trinajstić information content (AvgIpc) is 3.09. The first-order valence-electron chi connectivity index (χ1n) is 6.96. The summed E-state index contributed by atoms with van der Waals surface area (Å²) in [5.74, 6) is 3.23. The molecule has 0 amide bonds. The Morgan fingerprint density at radius 3 is 2.05 bits per heavy atom. The smallest absolute Gasteiger partial charge is 0.231 e. The van der Waals surface area contributed by atoms with Gasteiger partial charge in [0.15, 0.2) is 23.0 Å². The highest BCUT2D eigenvalue weighted by atomic mass is 16.7. The Kier molecular flexibility index (Phi) is 2.55. The van der Waals surface area contributed by atoms with Gasteiger partial charge in [-0.2, -0.15) is 0 Å². The molecule has 0 fully saturated rings. The predicted molar refractivity (Wildman–Crippen MR) is 78.3 cm³/mol. The molecule has 0 unspecified atom stereocenters. The number of rotatable bonds is 1. The Hall–Kier alpha value is -2.36. The monoisotopic (exact) mass is 284 g/mol. The van der Waals surface area contributed by atoms with E-state index in [9.17, 15) is 0 Å². The summed E-state index contributed by atoms with van der Waals surface area (Å²) >= 11 is 0. The van der Waals surface area contributed by atoms with Crippen molar-refractivity contribution in [3.63, 3.8) is 0 Å². The summed E-state index contributed by atoms with van der Waals surface area (Å²) in [5, 5.41) is 0. The van der Waals surface area contributed by atoms with E-state index in [4.69, 9.17) is 18.9 Å². The molecule has 0 aromatic heterocycles. The maximum absolute atomic E-state index is 5.72. The van der Waals surface area contributed by atoms with Crippen molar-refractivity contribution in [3.8, 4) is 34.1 Å². The molecule has 0 atom stereocenters. The van der Waals surface area contributed by atoms with E-state index in [1.165, 1.54) is 0 Å². The first kappa shape index (κ1) is 12.4. The molecule has 2 heterocycles. The van der Waals surface area contributed by atoms with Gasteiger partial charge in [0.05, 0.1) is 0 Å². The Balaban J connectivity index is 2.01. The molecule has 0 spiro atoms. The van der Waals surface area contributed by atoms with Crippen LogP contribution in [0.4, 0.5) is 0 Å². The standard InChI is InChI=1S/C17H16O4/c1-9-4-5-12(16-14(9)18-7-20-16)13-10(2)6-11(3)15-17(13)21-8-19-15/h4-6H,7-8H2,1-3H3. The molecule has 0 saturated heterocycles. The number of benzene rings is 2. The third-order valence-corrected chi connectivity index (χ3v) is 4.01. The lowest BCUT2D eigenvalue weighted by Crippen LogP contribution is -1.95. The van der Waals surface area contributed by atoms with Gasteiger partial charge in [0.1, 0.15) is 0 Å². The minimum Gasteiger partial charge on any atom is -0.453 e. The van der Waals surface area contributed by atoms with Crippen LogP contribution >= 0.6 is 0 Å². The van der Waals surface area contributed by atoms with Crippen molar-refractivity contribution in [2.75, 3.05) is 13.6 Å². The molecule has 0 saturated carbocycles. The normalized spacial score (nSPS) is 14.6. The summed E-state index contributed by atoms with van der Waals surface area (Å²) in [5.41, 5.74) is 5.31. The number of hydrogen-bond acceptors (Lipinski definition) is 4. The summed E-state index contributed by atoms with van der Waals surface area (Å²) in [6.07, 6.45) is 0. The second-order valence-electron chi connectivity index (χ2n) is 5.44. The van der Waals surface area contributed by atoms with Gasteiger partial charge >= 0.3 is 0 Å². The summed E-state index contributed by atoms with van der Waals surface area (Å²) in [6, 6.07) is 6.22. The fourth-order valence-electron chi connectivity index (χ4n) is 3.06. The van der Waals surface area contributed by atoms with Crippen molar-refractivity contribution < 1.29 is 18.9 Å². The van der Waals surface area contributed by atoms with Crippen LogP contribution in [0.3, 0.4) is 0 Å². The van der Waals surface area contributed by atoms with E-state index >= 15 is 0 Å². The first-order valence-corrected chi connectivity index (χ1v) is 6.96. The molecule has 4 rings (SSSR count). The highest BCUT2D eigenvalue weighted by molar-refractivity contribution is 5.84. The molecule has 21 heavy (non-hydrogen) atoms. The highest BCUT2D eigenvalue weighted by Crippen LogP contribution is 2.51. The van der Waals surface area contributed by atoms with Gasteiger partial charge in [-0.05, 0) is 43.5 Å². The SMILES string of the molecule is Cc1ccc(-c2c(C)cc(C)c3c2OCO3)c2c1OCO2. The largest absolute Gasteiger partial charge is 0.453 e. The van der Waals surface area contributed by atoms with Gasteiger partial charge in [-0.25, -0.2) is 0 Å². The third kappa shape index (κ3) is 1.68. The fraction of sp³-hybridized carbons (Fsp3) is 0.294. The van der Waals surface area contributed by atoms with Crippen molar-refractivity contribution >= 4 is 0 Å². The molecule has 0 N–H and O–H groups in total. The number of hydrogen-bond donors (Lipinski definition) is 0. The Bertz CT molecular complexity index is 749. The van der Waals surface area contributed by atoms with Gasteiger partial charge in [-0.3, -0.25) is 0 Å². The van der Waals surface area contributed by atoms with Gasteiger partial charge in [0.25, 0.3) is 0 Å². The van der Waals surface area contributed by atoms with Crippen LogP contribution in [-0.4, -0.2) is 13.6 Å². The molecule has 108 valence electrons. The summed E-state index contributed by atoms with van der Waals surface area (Å²) in [4.78, 5) is 0. The number of ether oxygens (including phenoxy) is 4. The van der Waals surface area contributed by atoms with Gasteiger partial charge in [0, 0.05) is 11.1 Å². The van der Waals surface area contributed by atoms with Crippen molar-refractivity contribution in [3.05, 3.63) is 34.9 Å². The van der Waals surface area contributed by atoms with Crippen molar-refractivity contribution in [1.82, 2.24) is 0 Å². The molecule has 2 aliphatic heterocycles. The molecule has 2 aliphatic rings. The third-order valence-electron chi connectivity index (χ3n) is 4.01. The van der Waals surface area contributed by atoms with E-state index in [0.717, 1.165) is 50.8 Å². The van der Waals surface area contributed by atoms with E-state index in [1.807, 2.05) is 19.9 Å². The molecule has 0 radical (unpaired) electrons. The van der Waals surface area contributed by atoms with Gasteiger partial charge < -0.3 is 18.9 Å². The predicted octanol–water partition coefficient (Wildman–Crippen LogP) is 3.74. The second kappa shape index (κ2) is 4.32. The molecule has 2 aromatic carbocycles. The molecule has 0 aliphatic carbocycles. The molecular weight excluding hydrogens is 268 g/mol. The van der Waals surface area contributed by atoms with Crippen LogP contribution in [0.2, 0.25) is 0 Å². The van der Waals surface area contributed by atoms with Crippen LogP contribution in [0, 0.1) is 20.8 Å². The fourth-order valence-corrected chi connectivity index (χ4v) is 3.06. The van der Waals surface area contributed by atoms with Gasteiger partial charge in [0.2, 0.25) is 13.6 Å². The Morgan fingerprint density at radius 1 is 0.667 bits per heavy atom. The number of fused-ring (bicyclic) bond motifs is 2. The van der Waals surface area contributed by atoms with Crippen LogP contribution in [0.25, 0.3) is 11.1 Å². The summed E-state index contributed by atoms with van der Waals surface area (Å²) in [6.45, 7) is 6.65. The van der Waals surface area contributed by atoms with Crippen LogP contribution in [0.15, 0.2) is 18.2 Å². The van der Waals surface area contributed by atoms with E-state index in [2.05, 4.69) is 19.1 Å². The lowest BCUT2D eigenvalue weighted by Gasteiger charge is -2.14. The number of aryl methyl sites for hydroxylation is 3. The van der Waals surface area contributed by atoms with Crippen molar-refractivity contribution in [2.45, 2.75) is 20.8 Å². The van der Waals surface area contributed by atoms with E-state index in [1.54, 1.807) is 0 Å². The summed E-state index contributed by atoms with van der Waals surface area (Å²) < 4.78 is 22.6. The maximum atomic E-state index is 5.72. The van der Waals surface area contributed by atoms with Gasteiger partial charge in [-0.15, -0.1) is 0 Å². The van der Waals surface area contributed by atoms with Crippen LogP contribution in [0.1, 0.15) is 16.7 Å². The molecule has 4 heteroatoms. The van der Waals surface area contributed by atoms with Crippen molar-refractivity contribution in [1.29, 1.82) is 0 Å². The van der Waals surface area contributed by atoms with Crippen LogP contribution in [-0.2, 0) is 0 Å². The molecule has 2 aromatic rings. The minimum absolute atomic E-state index is 0.262. The maximum Gasteiger partial charge on any atom is 0.231 e. The van der Waals surface area contributed by atoms with E-state index in [-0.39, 0.29) is 13.6 Å². The Morgan fingerprint density at radius 2 is 1.29 bits per heavy atom. The first-order chi connectivity index (χ1) is 10.2. The highest BCUT2D eigenvalue weighted by Gasteiger charge is 2.28. The minimum atomic E-state index is 0.262. The lowest BCUT2D eigenvalue weighted by atomic mass is 9.95. The van der Waals surface area contributed by atoms with Crippen molar-refractivity contribution in [2.24, 2.45) is 0 Å². The second-order valence-corrected chi connectivity index (χ2v) is 5.44. The van der Waals surface area contributed by atoms with Crippen LogP contribution < -0.4 is 18.9 Å². The zero-order valence-electron chi connectivity index (χ0n) is 12.3. The van der Waals surface area contributed by atoms with Gasteiger partial charge in [-0.1, -0.05) is 12.1 Å². The van der Waals surface area contributed by atoms with E-state index < -0.39 is 0 Å². The zero-order valence-corrected chi connectivity index (χ0v) is 12.3. The molecule has 4 nitrogen and oxygen atoms in total. The topological polar surface area (TPSA) is 36.9 Å². The molecular formula is C17H16O4.